The zero-order valence-corrected chi connectivity index (χ0v) is 11.3. The fourth-order valence-electron chi connectivity index (χ4n) is 1.50. The van der Waals surface area contributed by atoms with E-state index in [0.29, 0.717) is 12.0 Å². The van der Waals surface area contributed by atoms with Crippen molar-refractivity contribution in [2.24, 2.45) is 0 Å². The molecule has 1 rings (SSSR count). The molecule has 0 aliphatic rings. The molecule has 2 amide bonds. The molecule has 0 saturated carbocycles. The zero-order valence-electron chi connectivity index (χ0n) is 11.3. The highest BCUT2D eigenvalue weighted by atomic mass is 16.4. The number of amides is 2. The van der Waals surface area contributed by atoms with Crippen LogP contribution in [0.2, 0.25) is 0 Å². The van der Waals surface area contributed by atoms with Gasteiger partial charge in [-0.2, -0.15) is 0 Å². The Morgan fingerprint density at radius 2 is 1.75 bits per heavy atom. The molecule has 3 N–H and O–H groups in total. The van der Waals surface area contributed by atoms with E-state index < -0.39 is 5.97 Å². The molecule has 0 aliphatic heterocycles. The van der Waals surface area contributed by atoms with Gasteiger partial charge >= 0.3 is 5.97 Å². The highest BCUT2D eigenvalue weighted by Crippen LogP contribution is 2.02. The molecule has 1 aromatic rings. The summed E-state index contributed by atoms with van der Waals surface area (Å²) in [6.07, 6.45) is 0.378. The Morgan fingerprint density at radius 3 is 2.35 bits per heavy atom. The van der Waals surface area contributed by atoms with E-state index in [9.17, 15) is 14.4 Å². The second-order valence-electron chi connectivity index (χ2n) is 4.40. The average molecular weight is 278 g/mol. The van der Waals surface area contributed by atoms with Gasteiger partial charge in [0.05, 0.1) is 6.54 Å². The van der Waals surface area contributed by atoms with Crippen molar-refractivity contribution in [2.75, 3.05) is 13.1 Å². The lowest BCUT2D eigenvalue weighted by Gasteiger charge is -2.06. The fraction of sp³-hybridized carbons (Fsp3) is 0.357. The van der Waals surface area contributed by atoms with Gasteiger partial charge in [0.15, 0.2) is 0 Å². The van der Waals surface area contributed by atoms with Crippen molar-refractivity contribution in [3.05, 3.63) is 35.4 Å². The Hall–Kier alpha value is -2.37. The summed E-state index contributed by atoms with van der Waals surface area (Å²) in [6.45, 7) is 2.08. The predicted octanol–water partition coefficient (Wildman–Crippen LogP) is 0.706. The molecule has 0 aromatic heterocycles. The van der Waals surface area contributed by atoms with Gasteiger partial charge in [-0.05, 0) is 25.5 Å². The average Bonchev–Trinajstić information content (AvgIpc) is 2.41. The molecule has 0 heterocycles. The minimum atomic E-state index is -0.896. The predicted molar refractivity (Wildman–Crippen MR) is 73.4 cm³/mol. The second-order valence-corrected chi connectivity index (χ2v) is 4.40. The summed E-state index contributed by atoms with van der Waals surface area (Å²) in [4.78, 5) is 33.4. The number of rotatable bonds is 7. The second kappa shape index (κ2) is 7.93. The van der Waals surface area contributed by atoms with Crippen molar-refractivity contribution in [3.63, 3.8) is 0 Å². The fourth-order valence-corrected chi connectivity index (χ4v) is 1.50. The third kappa shape index (κ3) is 5.99. The summed E-state index contributed by atoms with van der Waals surface area (Å²) < 4.78 is 0. The zero-order chi connectivity index (χ0) is 15.0. The summed E-state index contributed by atoms with van der Waals surface area (Å²) >= 11 is 0. The number of carbonyl (C=O) groups is 3. The molecule has 0 fully saturated rings. The number of carboxylic acid groups (broad SMARTS) is 1. The van der Waals surface area contributed by atoms with Crippen LogP contribution >= 0.6 is 0 Å². The Kier molecular flexibility index (Phi) is 6.22. The first kappa shape index (κ1) is 15.7. The van der Waals surface area contributed by atoms with Gasteiger partial charge in [0.25, 0.3) is 5.91 Å². The first-order valence-electron chi connectivity index (χ1n) is 6.32. The number of carboxylic acids is 1. The van der Waals surface area contributed by atoms with Gasteiger partial charge < -0.3 is 15.7 Å². The lowest BCUT2D eigenvalue weighted by atomic mass is 10.1. The smallest absolute Gasteiger partial charge is 0.303 e. The van der Waals surface area contributed by atoms with Crippen molar-refractivity contribution in [1.29, 1.82) is 0 Å². The molecule has 0 atom stereocenters. The number of carbonyl (C=O) groups excluding carboxylic acids is 2. The highest BCUT2D eigenvalue weighted by Gasteiger charge is 2.07. The van der Waals surface area contributed by atoms with Crippen LogP contribution in [-0.2, 0) is 9.59 Å². The maximum atomic E-state index is 11.7. The van der Waals surface area contributed by atoms with Crippen molar-refractivity contribution in [1.82, 2.24) is 10.6 Å². The van der Waals surface area contributed by atoms with Crippen molar-refractivity contribution >= 4 is 17.8 Å². The normalized spacial score (nSPS) is 9.85. The molecule has 0 spiro atoms. The third-order valence-corrected chi connectivity index (χ3v) is 2.61. The molecule has 108 valence electrons. The van der Waals surface area contributed by atoms with Gasteiger partial charge in [0.1, 0.15) is 0 Å². The van der Waals surface area contributed by atoms with Crippen LogP contribution in [0, 0.1) is 6.92 Å². The number of aliphatic carboxylic acids is 1. The standard InChI is InChI=1S/C14H18N2O4/c1-10-4-6-11(7-5-10)14(20)16-9-12(17)15-8-2-3-13(18)19/h4-7H,2-3,8-9H2,1H3,(H,15,17)(H,16,20)(H,18,19). The Balaban J connectivity index is 2.25. The number of hydrogen-bond donors (Lipinski definition) is 3. The highest BCUT2D eigenvalue weighted by molar-refractivity contribution is 5.96. The van der Waals surface area contributed by atoms with Crippen LogP contribution < -0.4 is 10.6 Å². The SMILES string of the molecule is Cc1ccc(C(=O)NCC(=O)NCCCC(=O)O)cc1. The summed E-state index contributed by atoms with van der Waals surface area (Å²) in [5, 5.41) is 13.5. The van der Waals surface area contributed by atoms with Crippen molar-refractivity contribution in [3.8, 4) is 0 Å². The molecule has 0 radical (unpaired) electrons. The third-order valence-electron chi connectivity index (χ3n) is 2.61. The topological polar surface area (TPSA) is 95.5 Å². The van der Waals surface area contributed by atoms with Gasteiger partial charge in [-0.15, -0.1) is 0 Å². The Morgan fingerprint density at radius 1 is 1.10 bits per heavy atom. The Bertz CT molecular complexity index is 482. The number of hydrogen-bond acceptors (Lipinski definition) is 3. The van der Waals surface area contributed by atoms with Crippen LogP contribution in [0.15, 0.2) is 24.3 Å². The summed E-state index contributed by atoms with van der Waals surface area (Å²) in [7, 11) is 0. The molecule has 20 heavy (non-hydrogen) atoms. The summed E-state index contributed by atoms with van der Waals surface area (Å²) in [6, 6.07) is 7.02. The van der Waals surface area contributed by atoms with Crippen LogP contribution in [0.1, 0.15) is 28.8 Å². The molecular formula is C14H18N2O4. The molecular weight excluding hydrogens is 260 g/mol. The van der Waals surface area contributed by atoms with Gasteiger partial charge in [-0.3, -0.25) is 14.4 Å². The van der Waals surface area contributed by atoms with Gasteiger partial charge in [-0.1, -0.05) is 17.7 Å². The van der Waals surface area contributed by atoms with E-state index in [1.165, 1.54) is 0 Å². The van der Waals surface area contributed by atoms with Crippen molar-refractivity contribution < 1.29 is 19.5 Å². The first-order chi connectivity index (χ1) is 9.49. The van der Waals surface area contributed by atoms with Crippen molar-refractivity contribution in [2.45, 2.75) is 19.8 Å². The minimum Gasteiger partial charge on any atom is -0.481 e. The lowest BCUT2D eigenvalue weighted by Crippen LogP contribution is -2.37. The van der Waals surface area contributed by atoms with Crippen LogP contribution in [0.4, 0.5) is 0 Å². The van der Waals surface area contributed by atoms with Crippen LogP contribution in [-0.4, -0.2) is 36.0 Å². The van der Waals surface area contributed by atoms with Gasteiger partial charge in [-0.25, -0.2) is 0 Å². The number of aryl methyl sites for hydroxylation is 1. The summed E-state index contributed by atoms with van der Waals surface area (Å²) in [5.74, 6) is -1.55. The van der Waals surface area contributed by atoms with E-state index in [1.54, 1.807) is 12.1 Å². The maximum Gasteiger partial charge on any atom is 0.303 e. The lowest BCUT2D eigenvalue weighted by molar-refractivity contribution is -0.137. The van der Waals surface area contributed by atoms with E-state index in [0.717, 1.165) is 5.56 Å². The molecule has 0 aliphatic carbocycles. The first-order valence-corrected chi connectivity index (χ1v) is 6.32. The number of nitrogens with one attached hydrogen (secondary N) is 2. The van der Waals surface area contributed by atoms with Crippen LogP contribution in [0.5, 0.6) is 0 Å². The molecule has 0 unspecified atom stereocenters. The van der Waals surface area contributed by atoms with E-state index in [-0.39, 0.29) is 31.3 Å². The molecule has 0 saturated heterocycles. The number of benzene rings is 1. The molecule has 6 nitrogen and oxygen atoms in total. The molecule has 6 heteroatoms. The van der Waals surface area contributed by atoms with Crippen LogP contribution in [0.3, 0.4) is 0 Å². The van der Waals surface area contributed by atoms with E-state index >= 15 is 0 Å². The Labute approximate surface area is 117 Å². The summed E-state index contributed by atoms with van der Waals surface area (Å²) in [5.41, 5.74) is 1.55. The maximum absolute atomic E-state index is 11.7. The van der Waals surface area contributed by atoms with E-state index in [4.69, 9.17) is 5.11 Å². The molecule has 1 aromatic carbocycles. The minimum absolute atomic E-state index is 0.00993. The molecule has 0 bridgehead atoms. The van der Waals surface area contributed by atoms with Gasteiger partial charge in [0.2, 0.25) is 5.91 Å². The quantitative estimate of drug-likeness (QED) is 0.640. The monoisotopic (exact) mass is 278 g/mol. The largest absolute Gasteiger partial charge is 0.481 e. The van der Waals surface area contributed by atoms with Gasteiger partial charge in [0, 0.05) is 18.5 Å². The van der Waals surface area contributed by atoms with E-state index in [1.807, 2.05) is 19.1 Å². The van der Waals surface area contributed by atoms with E-state index in [2.05, 4.69) is 10.6 Å². The van der Waals surface area contributed by atoms with Crippen LogP contribution in [0.25, 0.3) is 0 Å².